The summed E-state index contributed by atoms with van der Waals surface area (Å²) in [5, 5.41) is 11.6. The third kappa shape index (κ3) is 5.72. The second-order valence-corrected chi connectivity index (χ2v) is 6.07. The van der Waals surface area contributed by atoms with E-state index in [1.807, 2.05) is 0 Å². The Balaban J connectivity index is 2.78. The fraction of sp³-hybridized carbons (Fsp3) is 0.467. The lowest BCUT2D eigenvalue weighted by molar-refractivity contribution is -0.152. The molecule has 116 valence electrons. The molecule has 21 heavy (non-hydrogen) atoms. The maximum atomic E-state index is 11.7. The summed E-state index contributed by atoms with van der Waals surface area (Å²) in [6, 6.07) is 6.46. The van der Waals surface area contributed by atoms with Crippen LogP contribution in [0.3, 0.4) is 0 Å². The first-order valence-corrected chi connectivity index (χ1v) is 6.52. The molecule has 0 heterocycles. The van der Waals surface area contributed by atoms with Gasteiger partial charge in [0.1, 0.15) is 11.4 Å². The SMILES string of the molecule is CC(C)(C)OC(=O)Nc1cccc(OC(C)(C)C(=O)O)c1. The number of aliphatic carboxylic acids is 1. The zero-order valence-electron chi connectivity index (χ0n) is 12.9. The van der Waals surface area contributed by atoms with Crippen molar-refractivity contribution in [3.63, 3.8) is 0 Å². The van der Waals surface area contributed by atoms with E-state index in [-0.39, 0.29) is 0 Å². The lowest BCUT2D eigenvalue weighted by atomic mass is 10.1. The topological polar surface area (TPSA) is 84.9 Å². The smallest absolute Gasteiger partial charge is 0.412 e. The van der Waals surface area contributed by atoms with Crippen molar-refractivity contribution in [2.24, 2.45) is 0 Å². The molecule has 0 saturated carbocycles. The molecule has 2 N–H and O–H groups in total. The molecule has 1 aromatic carbocycles. The van der Waals surface area contributed by atoms with Gasteiger partial charge in [-0.25, -0.2) is 9.59 Å². The highest BCUT2D eigenvalue weighted by atomic mass is 16.6. The molecule has 0 atom stereocenters. The normalized spacial score (nSPS) is 11.7. The Hall–Kier alpha value is -2.24. The van der Waals surface area contributed by atoms with Crippen molar-refractivity contribution in [2.75, 3.05) is 5.32 Å². The number of carbonyl (C=O) groups is 2. The molecule has 1 rings (SSSR count). The van der Waals surface area contributed by atoms with Crippen LogP contribution in [-0.2, 0) is 9.53 Å². The second-order valence-electron chi connectivity index (χ2n) is 6.07. The highest BCUT2D eigenvalue weighted by molar-refractivity contribution is 5.85. The zero-order chi connectivity index (χ0) is 16.3. The van der Waals surface area contributed by atoms with Crippen molar-refractivity contribution in [1.29, 1.82) is 0 Å². The molecule has 0 fully saturated rings. The van der Waals surface area contributed by atoms with E-state index in [4.69, 9.17) is 14.6 Å². The van der Waals surface area contributed by atoms with E-state index in [1.54, 1.807) is 39.0 Å². The Morgan fingerprint density at radius 2 is 1.76 bits per heavy atom. The van der Waals surface area contributed by atoms with Crippen molar-refractivity contribution >= 4 is 17.7 Å². The molecule has 6 heteroatoms. The molecule has 0 spiro atoms. The number of rotatable bonds is 4. The van der Waals surface area contributed by atoms with Crippen LogP contribution in [0.15, 0.2) is 24.3 Å². The van der Waals surface area contributed by atoms with Gasteiger partial charge in [-0.2, -0.15) is 0 Å². The quantitative estimate of drug-likeness (QED) is 0.890. The average Bonchev–Trinajstić information content (AvgIpc) is 2.25. The third-order valence-electron chi connectivity index (χ3n) is 2.37. The summed E-state index contributed by atoms with van der Waals surface area (Å²) in [4.78, 5) is 22.7. The molecule has 0 saturated heterocycles. The molecule has 0 aliphatic carbocycles. The van der Waals surface area contributed by atoms with Gasteiger partial charge in [-0.3, -0.25) is 5.32 Å². The number of benzene rings is 1. The first-order valence-electron chi connectivity index (χ1n) is 6.52. The Morgan fingerprint density at radius 1 is 1.14 bits per heavy atom. The van der Waals surface area contributed by atoms with Crippen LogP contribution in [0, 0.1) is 0 Å². The fourth-order valence-corrected chi connectivity index (χ4v) is 1.40. The second kappa shape index (κ2) is 6.03. The minimum Gasteiger partial charge on any atom is -0.478 e. The third-order valence-corrected chi connectivity index (χ3v) is 2.37. The minimum absolute atomic E-state index is 0.343. The van der Waals surface area contributed by atoms with Crippen LogP contribution in [-0.4, -0.2) is 28.4 Å². The van der Waals surface area contributed by atoms with Crippen LogP contribution < -0.4 is 10.1 Å². The van der Waals surface area contributed by atoms with Gasteiger partial charge in [0.25, 0.3) is 0 Å². The van der Waals surface area contributed by atoms with E-state index in [1.165, 1.54) is 19.9 Å². The number of carboxylic acids is 1. The van der Waals surface area contributed by atoms with Crippen molar-refractivity contribution in [3.8, 4) is 5.75 Å². The number of hydrogen-bond donors (Lipinski definition) is 2. The van der Waals surface area contributed by atoms with Gasteiger partial charge in [-0.15, -0.1) is 0 Å². The number of nitrogens with one attached hydrogen (secondary N) is 1. The summed E-state index contributed by atoms with van der Waals surface area (Å²) in [5.41, 5.74) is -1.49. The van der Waals surface area contributed by atoms with Gasteiger partial charge in [0.2, 0.25) is 0 Å². The largest absolute Gasteiger partial charge is 0.478 e. The summed E-state index contributed by atoms with van der Waals surface area (Å²) in [6.45, 7) is 8.19. The van der Waals surface area contributed by atoms with Crippen molar-refractivity contribution < 1.29 is 24.2 Å². The fourth-order valence-electron chi connectivity index (χ4n) is 1.40. The van der Waals surface area contributed by atoms with Crippen LogP contribution in [0.1, 0.15) is 34.6 Å². The number of ether oxygens (including phenoxy) is 2. The number of hydrogen-bond acceptors (Lipinski definition) is 4. The van der Waals surface area contributed by atoms with Crippen LogP contribution >= 0.6 is 0 Å². The Bertz CT molecular complexity index is 531. The maximum Gasteiger partial charge on any atom is 0.412 e. The van der Waals surface area contributed by atoms with E-state index in [0.717, 1.165) is 0 Å². The van der Waals surface area contributed by atoms with Crippen LogP contribution in [0.5, 0.6) is 5.75 Å². The minimum atomic E-state index is -1.36. The van der Waals surface area contributed by atoms with E-state index >= 15 is 0 Å². The Labute approximate surface area is 124 Å². The Kier molecular flexibility index (Phi) is 4.83. The summed E-state index contributed by atoms with van der Waals surface area (Å²) >= 11 is 0. The summed E-state index contributed by atoms with van der Waals surface area (Å²) in [5.74, 6) is -0.732. The molecule has 1 aromatic rings. The lowest BCUT2D eigenvalue weighted by Gasteiger charge is -2.22. The standard InChI is InChI=1S/C15H21NO5/c1-14(2,3)21-13(19)16-10-7-6-8-11(9-10)20-15(4,5)12(17)18/h6-9H,1-5H3,(H,16,19)(H,17,18). The first kappa shape index (κ1) is 16.8. The van der Waals surface area contributed by atoms with Gasteiger partial charge >= 0.3 is 12.1 Å². The summed E-state index contributed by atoms with van der Waals surface area (Å²) in [7, 11) is 0. The molecular weight excluding hydrogens is 274 g/mol. The average molecular weight is 295 g/mol. The molecule has 0 aromatic heterocycles. The number of carbonyl (C=O) groups excluding carboxylic acids is 1. The highest BCUT2D eigenvalue weighted by Gasteiger charge is 2.29. The molecule has 0 aliphatic heterocycles. The van der Waals surface area contributed by atoms with Gasteiger partial charge in [-0.1, -0.05) is 6.07 Å². The number of carboxylic acid groups (broad SMARTS) is 1. The molecule has 0 bridgehead atoms. The predicted octanol–water partition coefficient (Wildman–Crippen LogP) is 3.28. The van der Waals surface area contributed by atoms with Gasteiger partial charge < -0.3 is 14.6 Å². The van der Waals surface area contributed by atoms with E-state index in [0.29, 0.717) is 11.4 Å². The molecule has 1 amide bonds. The Morgan fingerprint density at radius 3 is 2.29 bits per heavy atom. The van der Waals surface area contributed by atoms with Crippen LogP contribution in [0.25, 0.3) is 0 Å². The van der Waals surface area contributed by atoms with Gasteiger partial charge in [0.05, 0.1) is 0 Å². The summed E-state index contributed by atoms with van der Waals surface area (Å²) < 4.78 is 10.5. The van der Waals surface area contributed by atoms with Crippen molar-refractivity contribution in [3.05, 3.63) is 24.3 Å². The lowest BCUT2D eigenvalue weighted by Crippen LogP contribution is -2.37. The maximum absolute atomic E-state index is 11.7. The molecule has 0 radical (unpaired) electrons. The van der Waals surface area contributed by atoms with Crippen LogP contribution in [0.4, 0.5) is 10.5 Å². The van der Waals surface area contributed by atoms with E-state index in [2.05, 4.69) is 5.32 Å². The zero-order valence-corrected chi connectivity index (χ0v) is 12.9. The molecule has 0 unspecified atom stereocenters. The van der Waals surface area contributed by atoms with Gasteiger partial charge in [0.15, 0.2) is 5.60 Å². The number of amides is 1. The first-order chi connectivity index (χ1) is 9.49. The van der Waals surface area contributed by atoms with Gasteiger partial charge in [-0.05, 0) is 46.8 Å². The van der Waals surface area contributed by atoms with Crippen LogP contribution in [0.2, 0.25) is 0 Å². The molecular formula is C15H21NO5. The number of anilines is 1. The van der Waals surface area contributed by atoms with Crippen molar-refractivity contribution in [2.45, 2.75) is 45.8 Å². The summed E-state index contributed by atoms with van der Waals surface area (Å²) in [6.07, 6.45) is -0.586. The monoisotopic (exact) mass is 295 g/mol. The predicted molar refractivity (Wildman–Crippen MR) is 78.6 cm³/mol. The molecule has 0 aliphatic rings. The van der Waals surface area contributed by atoms with Gasteiger partial charge in [0, 0.05) is 11.8 Å². The van der Waals surface area contributed by atoms with E-state index in [9.17, 15) is 9.59 Å². The van der Waals surface area contributed by atoms with Crippen molar-refractivity contribution in [1.82, 2.24) is 0 Å². The van der Waals surface area contributed by atoms with E-state index < -0.39 is 23.3 Å². The highest BCUT2D eigenvalue weighted by Crippen LogP contribution is 2.22. The molecule has 6 nitrogen and oxygen atoms in total.